The van der Waals surface area contributed by atoms with Crippen LogP contribution in [-0.4, -0.2) is 6.54 Å². The van der Waals surface area contributed by atoms with E-state index >= 15 is 0 Å². The van der Waals surface area contributed by atoms with Gasteiger partial charge < -0.3 is 9.73 Å². The van der Waals surface area contributed by atoms with Crippen molar-refractivity contribution in [1.29, 1.82) is 0 Å². The highest BCUT2D eigenvalue weighted by Gasteiger charge is 2.13. The fourth-order valence-corrected chi connectivity index (χ4v) is 2.08. The van der Waals surface area contributed by atoms with Crippen LogP contribution in [0, 0.1) is 12.7 Å². The molecule has 0 unspecified atom stereocenters. The maximum atomic E-state index is 13.3. The van der Waals surface area contributed by atoms with E-state index in [1.165, 1.54) is 12.1 Å². The molecule has 1 aromatic carbocycles. The Balaban J connectivity index is 2.39. The highest BCUT2D eigenvalue weighted by atomic mass is 35.5. The highest BCUT2D eigenvalue weighted by Crippen LogP contribution is 2.31. The summed E-state index contributed by atoms with van der Waals surface area (Å²) in [4.78, 5) is 0. The largest absolute Gasteiger partial charge is 0.458 e. The SMILES string of the molecule is CCCNCc1oc2c(Cl)cc(F)cc2c1C. The van der Waals surface area contributed by atoms with Crippen molar-refractivity contribution in [2.75, 3.05) is 6.54 Å². The Labute approximate surface area is 105 Å². The van der Waals surface area contributed by atoms with Gasteiger partial charge in [0.05, 0.1) is 11.6 Å². The predicted octanol–water partition coefficient (Wildman–Crippen LogP) is 4.03. The van der Waals surface area contributed by atoms with Gasteiger partial charge in [-0.3, -0.25) is 0 Å². The van der Waals surface area contributed by atoms with Gasteiger partial charge in [-0.1, -0.05) is 18.5 Å². The van der Waals surface area contributed by atoms with Crippen molar-refractivity contribution in [3.8, 4) is 0 Å². The van der Waals surface area contributed by atoms with Crippen molar-refractivity contribution in [2.24, 2.45) is 0 Å². The minimum atomic E-state index is -0.334. The monoisotopic (exact) mass is 255 g/mol. The van der Waals surface area contributed by atoms with E-state index < -0.39 is 0 Å². The molecule has 2 rings (SSSR count). The van der Waals surface area contributed by atoms with Crippen molar-refractivity contribution in [3.05, 3.63) is 34.3 Å². The van der Waals surface area contributed by atoms with Crippen LogP contribution in [0.2, 0.25) is 5.02 Å². The summed E-state index contributed by atoms with van der Waals surface area (Å²) < 4.78 is 18.9. The third-order valence-corrected chi connectivity index (χ3v) is 3.05. The lowest BCUT2D eigenvalue weighted by Crippen LogP contribution is -2.13. The zero-order chi connectivity index (χ0) is 12.4. The second kappa shape index (κ2) is 5.07. The summed E-state index contributed by atoms with van der Waals surface area (Å²) in [5.41, 5.74) is 1.52. The molecule has 0 spiro atoms. The van der Waals surface area contributed by atoms with Crippen molar-refractivity contribution in [2.45, 2.75) is 26.8 Å². The Hall–Kier alpha value is -1.06. The van der Waals surface area contributed by atoms with Crippen molar-refractivity contribution >= 4 is 22.6 Å². The summed E-state index contributed by atoms with van der Waals surface area (Å²) in [5, 5.41) is 4.33. The van der Waals surface area contributed by atoms with Crippen molar-refractivity contribution < 1.29 is 8.81 Å². The van der Waals surface area contributed by atoms with Gasteiger partial charge in [-0.2, -0.15) is 0 Å². The molecule has 0 fully saturated rings. The summed E-state index contributed by atoms with van der Waals surface area (Å²) >= 11 is 5.95. The molecule has 0 saturated carbocycles. The molecule has 2 nitrogen and oxygen atoms in total. The summed E-state index contributed by atoms with van der Waals surface area (Å²) in [6, 6.07) is 2.74. The number of aryl methyl sites for hydroxylation is 1. The first-order valence-corrected chi connectivity index (χ1v) is 6.09. The van der Waals surface area contributed by atoms with E-state index in [4.69, 9.17) is 16.0 Å². The minimum absolute atomic E-state index is 0.324. The molecular weight excluding hydrogens is 241 g/mol. The molecule has 1 heterocycles. The average molecular weight is 256 g/mol. The van der Waals surface area contributed by atoms with Crippen molar-refractivity contribution in [1.82, 2.24) is 5.32 Å². The molecule has 0 radical (unpaired) electrons. The van der Waals surface area contributed by atoms with Crippen LogP contribution in [0.5, 0.6) is 0 Å². The van der Waals surface area contributed by atoms with Crippen LogP contribution in [0.15, 0.2) is 16.5 Å². The number of halogens is 2. The fraction of sp³-hybridized carbons (Fsp3) is 0.385. The third kappa shape index (κ3) is 2.45. The first-order chi connectivity index (χ1) is 8.13. The number of hydrogen-bond donors (Lipinski definition) is 1. The number of nitrogens with one attached hydrogen (secondary N) is 1. The molecule has 0 amide bonds. The lowest BCUT2D eigenvalue weighted by Gasteiger charge is -2.00. The van der Waals surface area contributed by atoms with E-state index in [2.05, 4.69) is 12.2 Å². The third-order valence-electron chi connectivity index (χ3n) is 2.77. The molecule has 0 aliphatic heterocycles. The molecule has 92 valence electrons. The topological polar surface area (TPSA) is 25.2 Å². The molecule has 1 aromatic heterocycles. The molecule has 0 saturated heterocycles. The standard InChI is InChI=1S/C13H15ClFNO/c1-3-4-16-7-12-8(2)10-5-9(15)6-11(14)13(10)17-12/h5-6,16H,3-4,7H2,1-2H3. The van der Waals surface area contributed by atoms with Gasteiger partial charge in [-0.15, -0.1) is 0 Å². The predicted molar refractivity (Wildman–Crippen MR) is 67.9 cm³/mol. The summed E-state index contributed by atoms with van der Waals surface area (Å²) in [7, 11) is 0. The number of hydrogen-bond acceptors (Lipinski definition) is 2. The second-order valence-corrected chi connectivity index (χ2v) is 4.50. The molecule has 4 heteroatoms. The lowest BCUT2D eigenvalue weighted by molar-refractivity contribution is 0.510. The van der Waals surface area contributed by atoms with Crippen LogP contribution in [0.3, 0.4) is 0 Å². The maximum absolute atomic E-state index is 13.3. The molecular formula is C13H15ClFNO. The Bertz CT molecular complexity index is 536. The van der Waals surface area contributed by atoms with Crippen LogP contribution < -0.4 is 5.32 Å². The highest BCUT2D eigenvalue weighted by molar-refractivity contribution is 6.34. The maximum Gasteiger partial charge on any atom is 0.153 e. The van der Waals surface area contributed by atoms with Crippen LogP contribution >= 0.6 is 11.6 Å². The number of rotatable bonds is 4. The van der Waals surface area contributed by atoms with E-state index in [0.717, 1.165) is 29.7 Å². The molecule has 2 aromatic rings. The smallest absolute Gasteiger partial charge is 0.153 e. The average Bonchev–Trinajstić information content (AvgIpc) is 2.58. The first kappa shape index (κ1) is 12.4. The van der Waals surface area contributed by atoms with Crippen LogP contribution in [0.1, 0.15) is 24.7 Å². The zero-order valence-electron chi connectivity index (χ0n) is 9.94. The van der Waals surface area contributed by atoms with Crippen molar-refractivity contribution in [3.63, 3.8) is 0 Å². The van der Waals surface area contributed by atoms with Gasteiger partial charge >= 0.3 is 0 Å². The van der Waals surface area contributed by atoms with Crippen LogP contribution in [0.25, 0.3) is 11.0 Å². The zero-order valence-corrected chi connectivity index (χ0v) is 10.7. The van der Waals surface area contributed by atoms with E-state index in [9.17, 15) is 4.39 Å². The van der Waals surface area contributed by atoms with Crippen LogP contribution in [-0.2, 0) is 6.54 Å². The van der Waals surface area contributed by atoms with Gasteiger partial charge in [0, 0.05) is 5.39 Å². The summed E-state index contributed by atoms with van der Waals surface area (Å²) in [6.07, 6.45) is 1.06. The molecule has 0 aliphatic rings. The molecule has 0 bridgehead atoms. The van der Waals surface area contributed by atoms with Gasteiger partial charge in [0.1, 0.15) is 11.6 Å². The fourth-order valence-electron chi connectivity index (χ4n) is 1.84. The number of benzene rings is 1. The minimum Gasteiger partial charge on any atom is -0.458 e. The van der Waals surface area contributed by atoms with Gasteiger partial charge in [-0.25, -0.2) is 4.39 Å². The van der Waals surface area contributed by atoms with Gasteiger partial charge in [0.15, 0.2) is 5.58 Å². The van der Waals surface area contributed by atoms with E-state index in [0.29, 0.717) is 17.2 Å². The Kier molecular flexibility index (Phi) is 3.69. The van der Waals surface area contributed by atoms with E-state index in [1.54, 1.807) is 0 Å². The first-order valence-electron chi connectivity index (χ1n) is 5.71. The van der Waals surface area contributed by atoms with Crippen LogP contribution in [0.4, 0.5) is 4.39 Å². The Morgan fingerprint density at radius 1 is 1.41 bits per heavy atom. The number of fused-ring (bicyclic) bond motifs is 1. The quantitative estimate of drug-likeness (QED) is 0.835. The summed E-state index contributed by atoms with van der Waals surface area (Å²) in [5.74, 6) is 0.486. The van der Waals surface area contributed by atoms with E-state index in [1.807, 2.05) is 6.92 Å². The van der Waals surface area contributed by atoms with Gasteiger partial charge in [0.2, 0.25) is 0 Å². The lowest BCUT2D eigenvalue weighted by atomic mass is 10.1. The summed E-state index contributed by atoms with van der Waals surface area (Å²) in [6.45, 7) is 5.60. The molecule has 17 heavy (non-hydrogen) atoms. The molecule has 1 N–H and O–H groups in total. The Morgan fingerprint density at radius 3 is 2.88 bits per heavy atom. The van der Waals surface area contributed by atoms with Gasteiger partial charge in [-0.05, 0) is 37.6 Å². The van der Waals surface area contributed by atoms with Gasteiger partial charge in [0.25, 0.3) is 0 Å². The normalized spacial score (nSPS) is 11.3. The second-order valence-electron chi connectivity index (χ2n) is 4.09. The van der Waals surface area contributed by atoms with E-state index in [-0.39, 0.29) is 5.82 Å². The number of furan rings is 1. The molecule has 0 atom stereocenters. The Morgan fingerprint density at radius 2 is 2.18 bits per heavy atom. The molecule has 0 aliphatic carbocycles.